The number of aryl methyl sites for hydroxylation is 2. The van der Waals surface area contributed by atoms with Crippen LogP contribution in [0.1, 0.15) is 29.2 Å². The fourth-order valence-electron chi connectivity index (χ4n) is 3.21. The molecule has 1 N–H and O–H groups in total. The van der Waals surface area contributed by atoms with Crippen molar-refractivity contribution < 1.29 is 14.3 Å². The van der Waals surface area contributed by atoms with Gasteiger partial charge in [-0.15, -0.1) is 0 Å². The van der Waals surface area contributed by atoms with Crippen molar-refractivity contribution in [1.82, 2.24) is 0 Å². The van der Waals surface area contributed by atoms with Crippen molar-refractivity contribution in [3.8, 4) is 17.6 Å². The van der Waals surface area contributed by atoms with Crippen molar-refractivity contribution in [2.45, 2.75) is 20.8 Å². The van der Waals surface area contributed by atoms with E-state index >= 15 is 0 Å². The molecular weight excluding hydrogens is 436 g/mol. The lowest BCUT2D eigenvalue weighted by Gasteiger charge is -2.15. The van der Waals surface area contributed by atoms with Gasteiger partial charge >= 0.3 is 0 Å². The molecule has 168 valence electrons. The Morgan fingerprint density at radius 1 is 1.06 bits per heavy atom. The minimum absolute atomic E-state index is 0.226. The highest BCUT2D eigenvalue weighted by molar-refractivity contribution is 6.32. The van der Waals surface area contributed by atoms with E-state index in [0.717, 1.165) is 16.7 Å². The summed E-state index contributed by atoms with van der Waals surface area (Å²) in [6, 6.07) is 20.9. The number of nitriles is 1. The predicted molar refractivity (Wildman–Crippen MR) is 133 cm³/mol. The summed E-state index contributed by atoms with van der Waals surface area (Å²) in [4.78, 5) is 12.3. The van der Waals surface area contributed by atoms with Crippen LogP contribution in [-0.2, 0) is 4.79 Å². The molecule has 0 atom stereocenters. The van der Waals surface area contributed by atoms with Crippen LogP contribution in [0, 0.1) is 25.2 Å². The molecule has 0 bridgehead atoms. The molecule has 33 heavy (non-hydrogen) atoms. The van der Waals surface area contributed by atoms with Crippen LogP contribution in [0.3, 0.4) is 0 Å². The highest BCUT2D eigenvalue weighted by Gasteiger charge is 2.15. The molecule has 3 aromatic carbocycles. The van der Waals surface area contributed by atoms with Crippen LogP contribution in [0.15, 0.2) is 60.7 Å². The zero-order valence-corrected chi connectivity index (χ0v) is 19.6. The van der Waals surface area contributed by atoms with Crippen LogP contribution < -0.4 is 14.8 Å². The Bertz CT molecular complexity index is 1210. The number of rotatable bonds is 8. The standard InChI is InChI=1S/C27H25ClN2O3/c1-4-32-25-15-20(13-22(16-29)21-10-8-18(2)9-11-21)14-24(28)27(25)33-17-26(31)30-23-7-5-6-19(3)12-23/h5-15H,4,17H2,1-3H3,(H,30,31)/b22-13+. The quantitative estimate of drug-likeness (QED) is 0.310. The summed E-state index contributed by atoms with van der Waals surface area (Å²) in [6.45, 7) is 5.95. The van der Waals surface area contributed by atoms with E-state index in [1.54, 1.807) is 18.2 Å². The molecule has 0 aliphatic rings. The van der Waals surface area contributed by atoms with Gasteiger partial charge < -0.3 is 14.8 Å². The minimum Gasteiger partial charge on any atom is -0.490 e. The van der Waals surface area contributed by atoms with E-state index in [1.165, 1.54) is 0 Å². The number of ether oxygens (including phenoxy) is 2. The van der Waals surface area contributed by atoms with Gasteiger partial charge in [0.2, 0.25) is 0 Å². The lowest BCUT2D eigenvalue weighted by Crippen LogP contribution is -2.20. The Hall–Kier alpha value is -3.75. The summed E-state index contributed by atoms with van der Waals surface area (Å²) in [6.07, 6.45) is 1.74. The molecule has 0 fully saturated rings. The van der Waals surface area contributed by atoms with Crippen LogP contribution in [0.5, 0.6) is 11.5 Å². The molecule has 6 heteroatoms. The monoisotopic (exact) mass is 460 g/mol. The second kappa shape index (κ2) is 11.2. The number of allylic oxidation sites excluding steroid dienone is 1. The molecule has 5 nitrogen and oxygen atoms in total. The molecule has 0 unspecified atom stereocenters. The molecule has 0 radical (unpaired) electrons. The van der Waals surface area contributed by atoms with Gasteiger partial charge in [0.05, 0.1) is 23.3 Å². The summed E-state index contributed by atoms with van der Waals surface area (Å²) >= 11 is 6.48. The van der Waals surface area contributed by atoms with Gasteiger partial charge in [0.1, 0.15) is 0 Å². The summed E-state index contributed by atoms with van der Waals surface area (Å²) in [5.74, 6) is 0.374. The van der Waals surface area contributed by atoms with Gasteiger partial charge in [0, 0.05) is 5.69 Å². The molecular formula is C27H25ClN2O3. The zero-order valence-electron chi connectivity index (χ0n) is 18.8. The number of halogens is 1. The number of benzene rings is 3. The highest BCUT2D eigenvalue weighted by Crippen LogP contribution is 2.37. The highest BCUT2D eigenvalue weighted by atomic mass is 35.5. The van der Waals surface area contributed by atoms with Crippen LogP contribution >= 0.6 is 11.6 Å². The Morgan fingerprint density at radius 3 is 2.48 bits per heavy atom. The number of carbonyl (C=O) groups excluding carboxylic acids is 1. The molecule has 0 heterocycles. The molecule has 0 aliphatic heterocycles. The third kappa shape index (κ3) is 6.61. The van der Waals surface area contributed by atoms with Gasteiger partial charge in [-0.05, 0) is 67.8 Å². The number of hydrogen-bond acceptors (Lipinski definition) is 4. The molecule has 0 spiro atoms. The van der Waals surface area contributed by atoms with E-state index in [2.05, 4.69) is 11.4 Å². The van der Waals surface area contributed by atoms with Crippen LogP contribution in [-0.4, -0.2) is 19.1 Å². The second-order valence-corrected chi connectivity index (χ2v) is 7.91. The average Bonchev–Trinajstić information content (AvgIpc) is 2.78. The van der Waals surface area contributed by atoms with Crippen molar-refractivity contribution in [2.24, 2.45) is 0 Å². The van der Waals surface area contributed by atoms with Crippen molar-refractivity contribution in [1.29, 1.82) is 5.26 Å². The van der Waals surface area contributed by atoms with Crippen LogP contribution in [0.2, 0.25) is 5.02 Å². The Kier molecular flexibility index (Phi) is 8.12. The van der Waals surface area contributed by atoms with E-state index < -0.39 is 0 Å². The van der Waals surface area contributed by atoms with E-state index in [4.69, 9.17) is 21.1 Å². The van der Waals surface area contributed by atoms with E-state index in [-0.39, 0.29) is 23.3 Å². The maximum Gasteiger partial charge on any atom is 0.262 e. The summed E-state index contributed by atoms with van der Waals surface area (Å²) in [5.41, 5.74) is 4.86. The van der Waals surface area contributed by atoms with Crippen molar-refractivity contribution >= 4 is 34.8 Å². The lowest BCUT2D eigenvalue weighted by molar-refractivity contribution is -0.118. The first-order valence-electron chi connectivity index (χ1n) is 10.5. The molecule has 0 aliphatic carbocycles. The van der Waals surface area contributed by atoms with Crippen molar-refractivity contribution in [2.75, 3.05) is 18.5 Å². The fraction of sp³-hybridized carbons (Fsp3) is 0.185. The van der Waals surface area contributed by atoms with Gasteiger partial charge in [0.25, 0.3) is 5.91 Å². The summed E-state index contributed by atoms with van der Waals surface area (Å²) < 4.78 is 11.4. The van der Waals surface area contributed by atoms with Gasteiger partial charge in [-0.25, -0.2) is 0 Å². The molecule has 0 aromatic heterocycles. The number of carbonyl (C=O) groups is 1. The lowest BCUT2D eigenvalue weighted by atomic mass is 10.0. The first-order chi connectivity index (χ1) is 15.9. The molecule has 3 rings (SSSR count). The fourth-order valence-corrected chi connectivity index (χ4v) is 3.49. The molecule has 0 saturated heterocycles. The van der Waals surface area contributed by atoms with Gasteiger partial charge in [0.15, 0.2) is 18.1 Å². The average molecular weight is 461 g/mol. The van der Waals surface area contributed by atoms with E-state index in [0.29, 0.717) is 29.2 Å². The van der Waals surface area contributed by atoms with Crippen molar-refractivity contribution in [3.63, 3.8) is 0 Å². The topological polar surface area (TPSA) is 71.3 Å². The number of hydrogen-bond donors (Lipinski definition) is 1. The maximum absolute atomic E-state index is 12.3. The number of nitrogens with zero attached hydrogens (tertiary/aromatic N) is 1. The second-order valence-electron chi connectivity index (χ2n) is 7.51. The number of anilines is 1. The first kappa shape index (κ1) is 23.9. The van der Waals surface area contributed by atoms with Crippen LogP contribution in [0.25, 0.3) is 11.6 Å². The molecule has 3 aromatic rings. The maximum atomic E-state index is 12.3. The normalized spacial score (nSPS) is 10.9. The largest absolute Gasteiger partial charge is 0.490 e. The summed E-state index contributed by atoms with van der Waals surface area (Å²) in [7, 11) is 0. The van der Waals surface area contributed by atoms with Gasteiger partial charge in [-0.1, -0.05) is 53.6 Å². The zero-order chi connectivity index (χ0) is 23.8. The SMILES string of the molecule is CCOc1cc(/C=C(\C#N)c2ccc(C)cc2)cc(Cl)c1OCC(=O)Nc1cccc(C)c1. The van der Waals surface area contributed by atoms with Gasteiger partial charge in [-0.2, -0.15) is 5.26 Å². The third-order valence-electron chi connectivity index (χ3n) is 4.78. The van der Waals surface area contributed by atoms with Crippen LogP contribution in [0.4, 0.5) is 5.69 Å². The first-order valence-corrected chi connectivity index (χ1v) is 10.9. The predicted octanol–water partition coefficient (Wildman–Crippen LogP) is 6.44. The van der Waals surface area contributed by atoms with E-state index in [1.807, 2.05) is 69.3 Å². The Labute approximate surface area is 199 Å². The molecule has 1 amide bonds. The number of amides is 1. The number of nitrogens with one attached hydrogen (secondary N) is 1. The Balaban J connectivity index is 1.81. The van der Waals surface area contributed by atoms with E-state index in [9.17, 15) is 10.1 Å². The minimum atomic E-state index is -0.311. The Morgan fingerprint density at radius 2 is 1.82 bits per heavy atom. The summed E-state index contributed by atoms with van der Waals surface area (Å²) in [5, 5.41) is 12.7. The molecule has 0 saturated carbocycles. The smallest absolute Gasteiger partial charge is 0.262 e. The van der Waals surface area contributed by atoms with Crippen molar-refractivity contribution in [3.05, 3.63) is 87.9 Å². The van der Waals surface area contributed by atoms with Gasteiger partial charge in [-0.3, -0.25) is 4.79 Å². The third-order valence-corrected chi connectivity index (χ3v) is 5.06.